The highest BCUT2D eigenvalue weighted by atomic mass is 16.5. The molecule has 0 saturated carbocycles. The Hall–Kier alpha value is -1.56. The van der Waals surface area contributed by atoms with E-state index in [1.165, 1.54) is 6.42 Å². The van der Waals surface area contributed by atoms with Crippen molar-refractivity contribution in [2.75, 3.05) is 26.7 Å². The molecule has 112 valence electrons. The predicted molar refractivity (Wildman–Crippen MR) is 76.6 cm³/mol. The van der Waals surface area contributed by atoms with Crippen molar-refractivity contribution in [1.29, 1.82) is 0 Å². The van der Waals surface area contributed by atoms with Gasteiger partial charge in [0, 0.05) is 26.7 Å². The van der Waals surface area contributed by atoms with E-state index in [1.807, 2.05) is 18.9 Å². The zero-order chi connectivity index (χ0) is 14.5. The molecule has 1 fully saturated rings. The monoisotopic (exact) mass is 280 g/mol. The molecule has 1 aromatic heterocycles. The fourth-order valence-corrected chi connectivity index (χ4v) is 2.69. The number of carbonyl (C=O) groups is 1. The first-order chi connectivity index (χ1) is 9.63. The maximum atomic E-state index is 12.0. The molecule has 1 amide bonds. The summed E-state index contributed by atoms with van der Waals surface area (Å²) in [6, 6.07) is 0. The summed E-state index contributed by atoms with van der Waals surface area (Å²) in [6.45, 7) is 4.72. The summed E-state index contributed by atoms with van der Waals surface area (Å²) in [5, 5.41) is 7.53. The zero-order valence-corrected chi connectivity index (χ0v) is 12.6. The van der Waals surface area contributed by atoms with Crippen molar-refractivity contribution in [3.8, 4) is 5.88 Å². The van der Waals surface area contributed by atoms with Crippen LogP contribution in [0.1, 0.15) is 30.5 Å². The second-order valence-corrected chi connectivity index (χ2v) is 5.24. The first-order valence-electron chi connectivity index (χ1n) is 7.18. The minimum atomic E-state index is 0.185. The maximum Gasteiger partial charge on any atom is 0.236 e. The summed E-state index contributed by atoms with van der Waals surface area (Å²) in [5.41, 5.74) is 1.95. The summed E-state index contributed by atoms with van der Waals surface area (Å²) in [4.78, 5) is 14.0. The Morgan fingerprint density at radius 3 is 2.70 bits per heavy atom. The van der Waals surface area contributed by atoms with Crippen LogP contribution in [-0.4, -0.2) is 47.3 Å². The number of rotatable bonds is 5. The number of hydrogen-bond acceptors (Lipinski definition) is 4. The molecule has 0 unspecified atom stereocenters. The van der Waals surface area contributed by atoms with Gasteiger partial charge in [0.2, 0.25) is 11.8 Å². The van der Waals surface area contributed by atoms with E-state index in [2.05, 4.69) is 10.4 Å². The van der Waals surface area contributed by atoms with Gasteiger partial charge >= 0.3 is 0 Å². The van der Waals surface area contributed by atoms with Crippen LogP contribution in [0, 0.1) is 6.92 Å². The number of piperidine rings is 1. The van der Waals surface area contributed by atoms with Crippen molar-refractivity contribution in [2.45, 2.75) is 32.7 Å². The average molecular weight is 280 g/mol. The van der Waals surface area contributed by atoms with Gasteiger partial charge in [0.1, 0.15) is 0 Å². The Morgan fingerprint density at radius 1 is 1.35 bits per heavy atom. The highest BCUT2D eigenvalue weighted by Crippen LogP contribution is 2.20. The molecule has 0 radical (unpaired) electrons. The van der Waals surface area contributed by atoms with E-state index in [1.54, 1.807) is 11.8 Å². The number of nitrogens with one attached hydrogen (secondary N) is 1. The van der Waals surface area contributed by atoms with E-state index >= 15 is 0 Å². The molecule has 0 bridgehead atoms. The third kappa shape index (κ3) is 3.30. The quantitative estimate of drug-likeness (QED) is 0.868. The molecule has 0 aromatic carbocycles. The van der Waals surface area contributed by atoms with Crippen molar-refractivity contribution in [2.24, 2.45) is 7.05 Å². The molecule has 20 heavy (non-hydrogen) atoms. The van der Waals surface area contributed by atoms with Gasteiger partial charge in [-0.1, -0.05) is 0 Å². The fraction of sp³-hybridized carbons (Fsp3) is 0.714. The van der Waals surface area contributed by atoms with Gasteiger partial charge in [-0.3, -0.25) is 4.79 Å². The van der Waals surface area contributed by atoms with Gasteiger partial charge in [0.15, 0.2) is 0 Å². The number of likely N-dealkylation sites (tertiary alicyclic amines) is 1. The van der Waals surface area contributed by atoms with Gasteiger partial charge < -0.3 is 15.0 Å². The summed E-state index contributed by atoms with van der Waals surface area (Å²) in [6.07, 6.45) is 3.49. The minimum absolute atomic E-state index is 0.185. The molecule has 2 heterocycles. The first-order valence-corrected chi connectivity index (χ1v) is 7.18. The highest BCUT2D eigenvalue weighted by Gasteiger charge is 2.17. The third-order valence-corrected chi connectivity index (χ3v) is 3.77. The Kier molecular flexibility index (Phi) is 5.00. The molecule has 1 N–H and O–H groups in total. The molecule has 0 spiro atoms. The van der Waals surface area contributed by atoms with Crippen LogP contribution in [0.25, 0.3) is 0 Å². The van der Waals surface area contributed by atoms with Crippen LogP contribution < -0.4 is 10.1 Å². The maximum absolute atomic E-state index is 12.0. The second kappa shape index (κ2) is 6.74. The van der Waals surface area contributed by atoms with Crippen LogP contribution in [0.4, 0.5) is 0 Å². The number of ether oxygens (including phenoxy) is 1. The lowest BCUT2D eigenvalue weighted by Gasteiger charge is -2.26. The second-order valence-electron chi connectivity index (χ2n) is 5.24. The van der Waals surface area contributed by atoms with Gasteiger partial charge in [-0.15, -0.1) is 0 Å². The summed E-state index contributed by atoms with van der Waals surface area (Å²) in [5.74, 6) is 0.936. The number of aromatic nitrogens is 2. The first kappa shape index (κ1) is 14.8. The Labute approximate surface area is 120 Å². The molecule has 1 aliphatic heterocycles. The molecule has 0 atom stereocenters. The lowest BCUT2D eigenvalue weighted by Crippen LogP contribution is -2.41. The molecule has 1 saturated heterocycles. The SMILES string of the molecule is COc1c(CNCC(=O)N2CCCCC2)c(C)nn1C. The van der Waals surface area contributed by atoms with Crippen molar-refractivity contribution in [3.63, 3.8) is 0 Å². The largest absolute Gasteiger partial charge is 0.481 e. The predicted octanol–water partition coefficient (Wildman–Crippen LogP) is 0.839. The number of carbonyl (C=O) groups excluding carboxylic acids is 1. The summed E-state index contributed by atoms with van der Waals surface area (Å²) < 4.78 is 7.06. The topological polar surface area (TPSA) is 59.4 Å². The van der Waals surface area contributed by atoms with Crippen LogP contribution in [0.5, 0.6) is 5.88 Å². The van der Waals surface area contributed by atoms with Crippen molar-refractivity contribution in [1.82, 2.24) is 20.0 Å². The van der Waals surface area contributed by atoms with Crippen molar-refractivity contribution in [3.05, 3.63) is 11.3 Å². The van der Waals surface area contributed by atoms with E-state index in [0.717, 1.165) is 43.1 Å². The molecule has 2 rings (SSSR count). The van der Waals surface area contributed by atoms with Gasteiger partial charge in [0.05, 0.1) is 24.9 Å². The molecule has 1 aromatic rings. The third-order valence-electron chi connectivity index (χ3n) is 3.77. The molecule has 1 aliphatic rings. The Morgan fingerprint density at radius 2 is 2.05 bits per heavy atom. The van der Waals surface area contributed by atoms with Crippen LogP contribution in [0.3, 0.4) is 0 Å². The summed E-state index contributed by atoms with van der Waals surface area (Å²) >= 11 is 0. The highest BCUT2D eigenvalue weighted by molar-refractivity contribution is 5.78. The van der Waals surface area contributed by atoms with E-state index in [4.69, 9.17) is 4.74 Å². The van der Waals surface area contributed by atoms with Crippen LogP contribution in [0.15, 0.2) is 0 Å². The molecular weight excluding hydrogens is 256 g/mol. The lowest BCUT2D eigenvalue weighted by molar-refractivity contribution is -0.131. The molecular formula is C14H24N4O2. The van der Waals surface area contributed by atoms with Gasteiger partial charge in [-0.05, 0) is 26.2 Å². The smallest absolute Gasteiger partial charge is 0.236 e. The summed E-state index contributed by atoms with van der Waals surface area (Å²) in [7, 11) is 3.49. The lowest BCUT2D eigenvalue weighted by atomic mass is 10.1. The van der Waals surface area contributed by atoms with Gasteiger partial charge in [0.25, 0.3) is 0 Å². The standard InChI is InChI=1S/C14H24N4O2/c1-11-12(14(20-3)17(2)16-11)9-15-10-13(19)18-7-5-4-6-8-18/h15H,4-10H2,1-3H3. The van der Waals surface area contributed by atoms with E-state index in [0.29, 0.717) is 13.1 Å². The van der Waals surface area contributed by atoms with Gasteiger partial charge in [-0.2, -0.15) is 5.10 Å². The number of methoxy groups -OCH3 is 1. The average Bonchev–Trinajstić information content (AvgIpc) is 2.73. The number of nitrogens with zero attached hydrogens (tertiary/aromatic N) is 3. The molecule has 6 nitrogen and oxygen atoms in total. The molecule has 6 heteroatoms. The number of hydrogen-bond donors (Lipinski definition) is 1. The van der Waals surface area contributed by atoms with E-state index < -0.39 is 0 Å². The minimum Gasteiger partial charge on any atom is -0.481 e. The van der Waals surface area contributed by atoms with Crippen molar-refractivity contribution >= 4 is 5.91 Å². The Balaban J connectivity index is 1.85. The van der Waals surface area contributed by atoms with E-state index in [9.17, 15) is 4.79 Å². The van der Waals surface area contributed by atoms with E-state index in [-0.39, 0.29) is 5.91 Å². The van der Waals surface area contributed by atoms with Gasteiger partial charge in [-0.25, -0.2) is 4.68 Å². The zero-order valence-electron chi connectivity index (χ0n) is 12.6. The van der Waals surface area contributed by atoms with Crippen LogP contribution in [0.2, 0.25) is 0 Å². The van der Waals surface area contributed by atoms with Crippen LogP contribution >= 0.6 is 0 Å². The van der Waals surface area contributed by atoms with Crippen molar-refractivity contribution < 1.29 is 9.53 Å². The van der Waals surface area contributed by atoms with Crippen LogP contribution in [-0.2, 0) is 18.4 Å². The Bertz CT molecular complexity index is 464. The fourth-order valence-electron chi connectivity index (χ4n) is 2.69. The number of amides is 1. The molecule has 0 aliphatic carbocycles. The number of aryl methyl sites for hydroxylation is 2. The normalized spacial score (nSPS) is 15.4.